The summed E-state index contributed by atoms with van der Waals surface area (Å²) in [4.78, 5) is 0. The van der Waals surface area contributed by atoms with Gasteiger partial charge in [0.2, 0.25) is 11.5 Å². The molecule has 2 aromatic rings. The predicted molar refractivity (Wildman–Crippen MR) is 74.9 cm³/mol. The fraction of sp³-hybridized carbons (Fsp3) is 0.143. The Kier molecular flexibility index (Phi) is 4.80. The highest BCUT2D eigenvalue weighted by Gasteiger charge is 2.27. The van der Waals surface area contributed by atoms with Gasteiger partial charge in [0.15, 0.2) is 11.5 Å². The third kappa shape index (κ3) is 3.39. The first-order valence-corrected chi connectivity index (χ1v) is 6.93. The molecule has 0 atom stereocenters. The highest BCUT2D eigenvalue weighted by molar-refractivity contribution is 7.34. The van der Waals surface area contributed by atoms with Crippen molar-refractivity contribution in [1.29, 1.82) is 0 Å². The first-order chi connectivity index (χ1) is 9.74. The molecule has 0 saturated carbocycles. The van der Waals surface area contributed by atoms with Crippen LogP contribution in [0, 0.1) is 0 Å². The third-order valence-corrected chi connectivity index (χ3v) is 3.18. The summed E-state index contributed by atoms with van der Waals surface area (Å²) in [6.45, 7) is 0. The van der Waals surface area contributed by atoms with Crippen molar-refractivity contribution in [3.63, 3.8) is 0 Å². The van der Waals surface area contributed by atoms with Crippen LogP contribution in [0.2, 0.25) is 0 Å². The van der Waals surface area contributed by atoms with Crippen LogP contribution in [0.4, 0.5) is 0 Å². The summed E-state index contributed by atoms with van der Waals surface area (Å²) in [5, 5.41) is 0. The normalized spacial score (nSPS) is 9.70. The molecule has 0 unspecified atom stereocenters. The van der Waals surface area contributed by atoms with E-state index < -0.39 is 8.25 Å². The predicted octanol–water partition coefficient (Wildman–Crippen LogP) is 3.82. The van der Waals surface area contributed by atoms with Crippen LogP contribution in [-0.4, -0.2) is 14.2 Å². The topological polar surface area (TPSA) is 54.0 Å². The lowest BCUT2D eigenvalue weighted by Crippen LogP contribution is -1.93. The van der Waals surface area contributed by atoms with Gasteiger partial charge in [-0.25, -0.2) is 9.05 Å². The van der Waals surface area contributed by atoms with Gasteiger partial charge in [0.05, 0.1) is 14.2 Å². The van der Waals surface area contributed by atoms with Crippen LogP contribution in [0.15, 0.2) is 48.5 Å². The van der Waals surface area contributed by atoms with Gasteiger partial charge >= 0.3 is 8.25 Å². The summed E-state index contributed by atoms with van der Waals surface area (Å²) in [7, 11) is 0.634. The Hall–Kier alpha value is -2.26. The summed E-state index contributed by atoms with van der Waals surface area (Å²) in [5.74, 6) is 1.68. The Bertz CT molecular complexity index is 548. The zero-order chi connectivity index (χ0) is 14.4. The van der Waals surface area contributed by atoms with Crippen LogP contribution in [-0.2, 0) is 4.57 Å². The fourth-order valence-corrected chi connectivity index (χ4v) is 2.23. The minimum atomic E-state index is -2.39. The molecule has 0 aromatic heterocycles. The summed E-state index contributed by atoms with van der Waals surface area (Å²) in [6.07, 6.45) is 0. The molecule has 0 N–H and O–H groups in total. The number of benzene rings is 2. The van der Waals surface area contributed by atoms with E-state index in [0.29, 0.717) is 23.0 Å². The minimum Gasteiger partial charge on any atom is -0.493 e. The molecule has 0 saturated heterocycles. The van der Waals surface area contributed by atoms with Crippen LogP contribution >= 0.6 is 8.25 Å². The standard InChI is InChI=1S/C14H14O5P/c1-16-11-7-3-5-9-13(11)18-20(15)19-14-10-6-4-8-12(14)17-2/h3-10H,1-2H3/q+1. The molecule has 104 valence electrons. The van der Waals surface area contributed by atoms with Crippen molar-refractivity contribution in [2.75, 3.05) is 14.2 Å². The molecule has 0 aliphatic heterocycles. The van der Waals surface area contributed by atoms with E-state index >= 15 is 0 Å². The smallest absolute Gasteiger partial charge is 0.493 e. The van der Waals surface area contributed by atoms with Gasteiger partial charge in [-0.05, 0) is 24.3 Å². The second-order valence-electron chi connectivity index (χ2n) is 3.71. The first kappa shape index (κ1) is 14.2. The number of ether oxygens (including phenoxy) is 2. The Morgan fingerprint density at radius 3 is 1.40 bits per heavy atom. The molecule has 0 spiro atoms. The average molecular weight is 293 g/mol. The maximum Gasteiger partial charge on any atom is 0.805 e. The number of methoxy groups -OCH3 is 2. The number of hydrogen-bond acceptors (Lipinski definition) is 5. The summed E-state index contributed by atoms with van der Waals surface area (Å²) >= 11 is 0. The fourth-order valence-electron chi connectivity index (χ4n) is 1.57. The van der Waals surface area contributed by atoms with Gasteiger partial charge in [-0.15, -0.1) is 0 Å². The van der Waals surface area contributed by atoms with Gasteiger partial charge in [-0.2, -0.15) is 0 Å². The zero-order valence-corrected chi connectivity index (χ0v) is 12.0. The van der Waals surface area contributed by atoms with Crippen molar-refractivity contribution >= 4 is 8.25 Å². The monoisotopic (exact) mass is 293 g/mol. The van der Waals surface area contributed by atoms with E-state index in [1.165, 1.54) is 14.2 Å². The molecular weight excluding hydrogens is 279 g/mol. The van der Waals surface area contributed by atoms with E-state index in [2.05, 4.69) is 0 Å². The molecule has 2 aromatic carbocycles. The largest absolute Gasteiger partial charge is 0.805 e. The molecule has 0 amide bonds. The second kappa shape index (κ2) is 6.78. The lowest BCUT2D eigenvalue weighted by Gasteiger charge is -2.03. The van der Waals surface area contributed by atoms with E-state index in [1.54, 1.807) is 48.5 Å². The van der Waals surface area contributed by atoms with Crippen molar-refractivity contribution in [3.8, 4) is 23.0 Å². The van der Waals surface area contributed by atoms with Gasteiger partial charge in [0.1, 0.15) is 0 Å². The Balaban J connectivity index is 2.09. The highest BCUT2D eigenvalue weighted by Crippen LogP contribution is 2.38. The molecule has 0 radical (unpaired) electrons. The lowest BCUT2D eigenvalue weighted by atomic mass is 10.3. The van der Waals surface area contributed by atoms with Crippen molar-refractivity contribution in [2.24, 2.45) is 0 Å². The van der Waals surface area contributed by atoms with Crippen LogP contribution in [0.5, 0.6) is 23.0 Å². The van der Waals surface area contributed by atoms with E-state index in [0.717, 1.165) is 0 Å². The lowest BCUT2D eigenvalue weighted by molar-refractivity contribution is 0.362. The highest BCUT2D eigenvalue weighted by atomic mass is 31.1. The molecule has 6 heteroatoms. The van der Waals surface area contributed by atoms with Gasteiger partial charge < -0.3 is 9.47 Å². The molecule has 0 heterocycles. The molecule has 0 fully saturated rings. The zero-order valence-electron chi connectivity index (χ0n) is 11.1. The number of hydrogen-bond donors (Lipinski definition) is 0. The molecule has 5 nitrogen and oxygen atoms in total. The molecule has 20 heavy (non-hydrogen) atoms. The Morgan fingerprint density at radius 2 is 1.05 bits per heavy atom. The van der Waals surface area contributed by atoms with Crippen LogP contribution in [0.3, 0.4) is 0 Å². The van der Waals surface area contributed by atoms with E-state index in [4.69, 9.17) is 18.5 Å². The average Bonchev–Trinajstić information content (AvgIpc) is 2.48. The maximum atomic E-state index is 11.9. The van der Waals surface area contributed by atoms with Crippen LogP contribution in [0.1, 0.15) is 0 Å². The number of rotatable bonds is 6. The van der Waals surface area contributed by atoms with Gasteiger partial charge in [0.25, 0.3) is 0 Å². The summed E-state index contributed by atoms with van der Waals surface area (Å²) < 4.78 is 32.6. The quantitative estimate of drug-likeness (QED) is 0.758. The van der Waals surface area contributed by atoms with Crippen molar-refractivity contribution < 1.29 is 23.1 Å². The summed E-state index contributed by atoms with van der Waals surface area (Å²) in [5.41, 5.74) is 0. The van der Waals surface area contributed by atoms with E-state index in [9.17, 15) is 4.57 Å². The molecule has 0 aliphatic rings. The molecule has 0 aliphatic carbocycles. The maximum absolute atomic E-state index is 11.9. The first-order valence-electron chi connectivity index (χ1n) is 5.84. The molecule has 2 rings (SSSR count). The molecular formula is C14H14O5P+. The van der Waals surface area contributed by atoms with E-state index in [1.807, 2.05) is 0 Å². The Labute approximate surface area is 118 Å². The van der Waals surface area contributed by atoms with Crippen LogP contribution < -0.4 is 18.5 Å². The summed E-state index contributed by atoms with van der Waals surface area (Å²) in [6, 6.07) is 13.8. The van der Waals surface area contributed by atoms with Crippen LogP contribution in [0.25, 0.3) is 0 Å². The van der Waals surface area contributed by atoms with Crippen molar-refractivity contribution in [2.45, 2.75) is 0 Å². The van der Waals surface area contributed by atoms with Crippen molar-refractivity contribution in [1.82, 2.24) is 0 Å². The van der Waals surface area contributed by atoms with E-state index in [-0.39, 0.29) is 0 Å². The van der Waals surface area contributed by atoms with Crippen molar-refractivity contribution in [3.05, 3.63) is 48.5 Å². The third-order valence-electron chi connectivity index (χ3n) is 2.48. The van der Waals surface area contributed by atoms with Gasteiger partial charge in [-0.3, -0.25) is 0 Å². The van der Waals surface area contributed by atoms with Gasteiger partial charge in [-0.1, -0.05) is 24.3 Å². The Morgan fingerprint density at radius 1 is 0.700 bits per heavy atom. The van der Waals surface area contributed by atoms with Gasteiger partial charge in [0, 0.05) is 4.57 Å². The SMILES string of the molecule is COc1ccccc1O[P+](=O)Oc1ccccc1OC. The second-order valence-corrected chi connectivity index (χ2v) is 4.52. The minimum absolute atomic E-state index is 0.353. The molecule has 0 bridgehead atoms. The number of para-hydroxylation sites is 4.